The first kappa shape index (κ1) is 10.9. The van der Waals surface area contributed by atoms with Gasteiger partial charge in [-0.15, -0.1) is 0 Å². The minimum Gasteiger partial charge on any atom is -0.466 e. The van der Waals surface area contributed by atoms with E-state index in [2.05, 4.69) is 31.0 Å². The van der Waals surface area contributed by atoms with Gasteiger partial charge in [0.1, 0.15) is 4.60 Å². The zero-order chi connectivity index (χ0) is 11.7. The zero-order valence-corrected chi connectivity index (χ0v) is 9.78. The molecule has 6 nitrogen and oxygen atoms in total. The molecule has 1 atom stereocenters. The molecular formula is C9H7BrN2O4. The number of pyridine rings is 1. The number of hydrogen-bond donors (Lipinski definition) is 1. The van der Waals surface area contributed by atoms with Crippen LogP contribution in [0.4, 0.5) is 5.82 Å². The molecule has 0 radical (unpaired) electrons. The zero-order valence-electron chi connectivity index (χ0n) is 8.19. The number of rotatable bonds is 1. The molecule has 1 N–H and O–H groups in total. The number of nitrogens with zero attached hydrogens (tertiary/aromatic N) is 1. The van der Waals surface area contributed by atoms with E-state index in [4.69, 9.17) is 4.74 Å². The third-order valence-corrected chi connectivity index (χ3v) is 2.41. The summed E-state index contributed by atoms with van der Waals surface area (Å²) in [6, 6.07) is 3.24. The Labute approximate surface area is 99.1 Å². The first-order chi connectivity index (χ1) is 7.61. The second kappa shape index (κ2) is 4.09. The fraction of sp³-hybridized carbons (Fsp3) is 0.222. The molecule has 1 aromatic rings. The smallest absolute Gasteiger partial charge is 0.357 e. The Hall–Kier alpha value is -1.63. The van der Waals surface area contributed by atoms with Gasteiger partial charge >= 0.3 is 5.97 Å². The molecule has 2 rings (SSSR count). The van der Waals surface area contributed by atoms with Crippen molar-refractivity contribution in [1.82, 2.24) is 4.98 Å². The van der Waals surface area contributed by atoms with Crippen LogP contribution in [0.1, 0.15) is 0 Å². The van der Waals surface area contributed by atoms with Gasteiger partial charge in [0.2, 0.25) is 0 Å². The Morgan fingerprint density at radius 2 is 2.38 bits per heavy atom. The fourth-order valence-corrected chi connectivity index (χ4v) is 1.54. The molecule has 0 aromatic carbocycles. The van der Waals surface area contributed by atoms with E-state index in [-0.39, 0.29) is 5.82 Å². The van der Waals surface area contributed by atoms with Crippen molar-refractivity contribution in [3.63, 3.8) is 0 Å². The summed E-state index contributed by atoms with van der Waals surface area (Å²) >= 11 is 3.16. The number of methoxy groups -OCH3 is 1. The molecule has 1 amide bonds. The normalized spacial score (nSPS) is 18.1. The van der Waals surface area contributed by atoms with Crippen LogP contribution in [0, 0.1) is 0 Å². The third-order valence-electron chi connectivity index (χ3n) is 1.96. The minimum absolute atomic E-state index is 0.277. The van der Waals surface area contributed by atoms with E-state index in [9.17, 15) is 9.59 Å². The topological polar surface area (TPSA) is 77.5 Å². The molecule has 0 saturated carbocycles. The average molecular weight is 287 g/mol. The summed E-state index contributed by atoms with van der Waals surface area (Å²) < 4.78 is 10.2. The van der Waals surface area contributed by atoms with Crippen LogP contribution in [-0.4, -0.2) is 30.1 Å². The van der Waals surface area contributed by atoms with Crippen molar-refractivity contribution in [1.29, 1.82) is 0 Å². The predicted molar refractivity (Wildman–Crippen MR) is 57.0 cm³/mol. The van der Waals surface area contributed by atoms with Gasteiger partial charge in [0, 0.05) is 0 Å². The fourth-order valence-electron chi connectivity index (χ4n) is 1.23. The maximum Gasteiger partial charge on any atom is 0.357 e. The molecule has 2 heterocycles. The van der Waals surface area contributed by atoms with Crippen LogP contribution in [0.15, 0.2) is 16.7 Å². The monoisotopic (exact) mass is 286 g/mol. The summed E-state index contributed by atoms with van der Waals surface area (Å²) in [6.07, 6.45) is -1.28. The van der Waals surface area contributed by atoms with Crippen LogP contribution in [0.2, 0.25) is 0 Å². The number of esters is 1. The lowest BCUT2D eigenvalue weighted by Crippen LogP contribution is -2.43. The van der Waals surface area contributed by atoms with Crippen LogP contribution in [0.3, 0.4) is 0 Å². The van der Waals surface area contributed by atoms with Gasteiger partial charge in [0.25, 0.3) is 12.0 Å². The lowest BCUT2D eigenvalue weighted by Gasteiger charge is -2.22. The first-order valence-corrected chi connectivity index (χ1v) is 5.13. The predicted octanol–water partition coefficient (Wildman–Crippen LogP) is 0.717. The Morgan fingerprint density at radius 3 is 3.06 bits per heavy atom. The first-order valence-electron chi connectivity index (χ1n) is 4.33. The summed E-state index contributed by atoms with van der Waals surface area (Å²) in [4.78, 5) is 26.7. The number of aromatic nitrogens is 1. The molecule has 0 spiro atoms. The van der Waals surface area contributed by atoms with Crippen molar-refractivity contribution in [2.45, 2.75) is 6.10 Å². The number of anilines is 1. The van der Waals surface area contributed by atoms with E-state index in [1.165, 1.54) is 7.11 Å². The highest BCUT2D eigenvalue weighted by atomic mass is 79.9. The quantitative estimate of drug-likeness (QED) is 0.468. The molecule has 84 valence electrons. The van der Waals surface area contributed by atoms with Gasteiger partial charge in [-0.25, -0.2) is 9.78 Å². The lowest BCUT2D eigenvalue weighted by atomic mass is 10.2. The number of nitrogens with one attached hydrogen (secondary N) is 1. The Balaban J connectivity index is 2.32. The summed E-state index contributed by atoms with van der Waals surface area (Å²) in [5.41, 5.74) is 0. The molecule has 7 heteroatoms. The molecular weight excluding hydrogens is 280 g/mol. The SMILES string of the molecule is COC(=O)C1Oc2ccc(Br)nc2NC1=O. The largest absolute Gasteiger partial charge is 0.466 e. The maximum atomic E-state index is 11.5. The van der Waals surface area contributed by atoms with Gasteiger partial charge in [-0.1, -0.05) is 0 Å². The molecule has 1 aromatic heterocycles. The number of halogens is 1. The third kappa shape index (κ3) is 1.85. The minimum atomic E-state index is -1.28. The van der Waals surface area contributed by atoms with E-state index in [1.54, 1.807) is 12.1 Å². The van der Waals surface area contributed by atoms with Gasteiger partial charge in [0.15, 0.2) is 11.6 Å². The number of fused-ring (bicyclic) bond motifs is 1. The van der Waals surface area contributed by atoms with Crippen LogP contribution in [0.25, 0.3) is 0 Å². The maximum absolute atomic E-state index is 11.5. The number of amides is 1. The van der Waals surface area contributed by atoms with E-state index in [1.807, 2.05) is 0 Å². The van der Waals surface area contributed by atoms with Crippen molar-refractivity contribution in [2.75, 3.05) is 12.4 Å². The van der Waals surface area contributed by atoms with Crippen LogP contribution >= 0.6 is 15.9 Å². The highest BCUT2D eigenvalue weighted by Crippen LogP contribution is 2.29. The van der Waals surface area contributed by atoms with Crippen molar-refractivity contribution >= 4 is 33.6 Å². The highest BCUT2D eigenvalue weighted by molar-refractivity contribution is 9.10. The summed E-state index contributed by atoms with van der Waals surface area (Å²) in [5, 5.41) is 2.46. The van der Waals surface area contributed by atoms with Crippen molar-refractivity contribution in [3.05, 3.63) is 16.7 Å². The van der Waals surface area contributed by atoms with Gasteiger partial charge in [0.05, 0.1) is 7.11 Å². The Bertz CT molecular complexity index is 463. The van der Waals surface area contributed by atoms with Crippen molar-refractivity contribution < 1.29 is 19.1 Å². The van der Waals surface area contributed by atoms with E-state index in [0.29, 0.717) is 10.4 Å². The van der Waals surface area contributed by atoms with Crippen molar-refractivity contribution in [3.8, 4) is 5.75 Å². The molecule has 16 heavy (non-hydrogen) atoms. The van der Waals surface area contributed by atoms with E-state index in [0.717, 1.165) is 0 Å². The van der Waals surface area contributed by atoms with Gasteiger partial charge in [-0.05, 0) is 28.1 Å². The summed E-state index contributed by atoms with van der Waals surface area (Å²) in [5.74, 6) is -0.728. The Morgan fingerprint density at radius 1 is 1.62 bits per heavy atom. The van der Waals surface area contributed by atoms with Crippen LogP contribution < -0.4 is 10.1 Å². The van der Waals surface area contributed by atoms with Crippen molar-refractivity contribution in [2.24, 2.45) is 0 Å². The molecule has 0 aliphatic carbocycles. The second-order valence-corrected chi connectivity index (χ2v) is 3.80. The summed E-state index contributed by atoms with van der Waals surface area (Å²) in [7, 11) is 1.19. The molecule has 0 saturated heterocycles. The Kier molecular flexibility index (Phi) is 2.78. The number of hydrogen-bond acceptors (Lipinski definition) is 5. The molecule has 1 aliphatic rings. The van der Waals surface area contributed by atoms with Gasteiger partial charge < -0.3 is 14.8 Å². The second-order valence-electron chi connectivity index (χ2n) is 2.99. The molecule has 0 bridgehead atoms. The van der Waals surface area contributed by atoms with E-state index < -0.39 is 18.0 Å². The van der Waals surface area contributed by atoms with Crippen LogP contribution in [-0.2, 0) is 14.3 Å². The van der Waals surface area contributed by atoms with Gasteiger partial charge in [-0.3, -0.25) is 4.79 Å². The van der Waals surface area contributed by atoms with Gasteiger partial charge in [-0.2, -0.15) is 0 Å². The molecule has 1 aliphatic heterocycles. The molecule has 0 fully saturated rings. The molecule has 1 unspecified atom stereocenters. The average Bonchev–Trinajstić information content (AvgIpc) is 2.27. The van der Waals surface area contributed by atoms with E-state index >= 15 is 0 Å². The number of ether oxygens (including phenoxy) is 2. The summed E-state index contributed by atoms with van der Waals surface area (Å²) in [6.45, 7) is 0. The lowest BCUT2D eigenvalue weighted by molar-refractivity contribution is -0.153. The number of carbonyl (C=O) groups excluding carboxylic acids is 2. The highest BCUT2D eigenvalue weighted by Gasteiger charge is 2.35. The van der Waals surface area contributed by atoms with Crippen LogP contribution in [0.5, 0.6) is 5.75 Å². The standard InChI is InChI=1S/C9H7BrN2O4/c1-15-9(14)6-8(13)12-7-4(16-6)2-3-5(10)11-7/h2-3,6H,1H3,(H,11,12,13). The number of carbonyl (C=O) groups is 2.